The maximum Gasteiger partial charge on any atom is 0.174 e. The van der Waals surface area contributed by atoms with E-state index < -0.39 is 0 Å². The average Bonchev–Trinajstić information content (AvgIpc) is 3.19. The molecule has 5 rings (SSSR count). The molecule has 1 saturated heterocycles. The number of nitrogens with one attached hydrogen (secondary N) is 1. The Morgan fingerprint density at radius 2 is 2.00 bits per heavy atom. The van der Waals surface area contributed by atoms with Crippen molar-refractivity contribution in [2.45, 2.75) is 52.0 Å². The van der Waals surface area contributed by atoms with Crippen LogP contribution in [0.25, 0.3) is 0 Å². The van der Waals surface area contributed by atoms with Crippen LogP contribution in [0.1, 0.15) is 43.7 Å². The number of allylic oxidation sites excluding steroid dienone is 1. The van der Waals surface area contributed by atoms with Gasteiger partial charge in [-0.2, -0.15) is 0 Å². The van der Waals surface area contributed by atoms with E-state index >= 15 is 0 Å². The van der Waals surface area contributed by atoms with Crippen molar-refractivity contribution in [3.05, 3.63) is 64.9 Å². The molecule has 162 valence electrons. The molecule has 1 unspecified atom stereocenters. The van der Waals surface area contributed by atoms with Crippen LogP contribution in [0, 0.1) is 6.92 Å². The Morgan fingerprint density at radius 3 is 2.81 bits per heavy atom. The maximum absolute atomic E-state index is 5.87. The number of ether oxygens (including phenoxy) is 1. The van der Waals surface area contributed by atoms with E-state index in [4.69, 9.17) is 17.0 Å². The number of aryl methyl sites for hydroxylation is 1. The first kappa shape index (κ1) is 20.4. The summed E-state index contributed by atoms with van der Waals surface area (Å²) in [4.78, 5) is 4.96. The first-order valence-corrected chi connectivity index (χ1v) is 11.9. The van der Waals surface area contributed by atoms with Gasteiger partial charge in [-0.3, -0.25) is 0 Å². The topological polar surface area (TPSA) is 27.7 Å². The van der Waals surface area contributed by atoms with Gasteiger partial charge in [-0.15, -0.1) is 0 Å². The molecule has 0 aromatic heterocycles. The smallest absolute Gasteiger partial charge is 0.174 e. The SMILES string of the molecule is CCCCOc1ccc(NC(=S)N2CCN3C4=C(CCC42)Cc2cc(C)ccc23)cc1. The van der Waals surface area contributed by atoms with E-state index in [0.717, 1.165) is 61.9 Å². The third-order valence-corrected chi connectivity index (χ3v) is 7.03. The number of benzene rings is 2. The zero-order valence-corrected chi connectivity index (χ0v) is 19.3. The van der Waals surface area contributed by atoms with Gasteiger partial charge in [0.05, 0.1) is 12.6 Å². The lowest BCUT2D eigenvalue weighted by Gasteiger charge is -2.46. The highest BCUT2D eigenvalue weighted by molar-refractivity contribution is 7.80. The fourth-order valence-corrected chi connectivity index (χ4v) is 5.49. The number of fused-ring (bicyclic) bond motifs is 2. The number of piperazine rings is 1. The number of hydrogen-bond acceptors (Lipinski definition) is 3. The minimum absolute atomic E-state index is 0.384. The number of anilines is 2. The number of rotatable bonds is 5. The largest absolute Gasteiger partial charge is 0.494 e. The zero-order valence-electron chi connectivity index (χ0n) is 18.5. The van der Waals surface area contributed by atoms with Crippen LogP contribution in [0.4, 0.5) is 11.4 Å². The number of unbranched alkanes of at least 4 members (excludes halogenated alkanes) is 1. The molecule has 0 spiro atoms. The first-order valence-electron chi connectivity index (χ1n) is 11.5. The van der Waals surface area contributed by atoms with Crippen molar-refractivity contribution < 1.29 is 4.74 Å². The minimum atomic E-state index is 0.384. The Balaban J connectivity index is 1.28. The summed E-state index contributed by atoms with van der Waals surface area (Å²) in [7, 11) is 0. The minimum Gasteiger partial charge on any atom is -0.494 e. The van der Waals surface area contributed by atoms with Crippen LogP contribution in [-0.2, 0) is 6.42 Å². The predicted molar refractivity (Wildman–Crippen MR) is 132 cm³/mol. The van der Waals surface area contributed by atoms with Gasteiger partial charge in [-0.25, -0.2) is 0 Å². The average molecular weight is 434 g/mol. The molecule has 1 atom stereocenters. The molecule has 2 aromatic carbocycles. The molecule has 1 aliphatic carbocycles. The van der Waals surface area contributed by atoms with Gasteiger partial charge in [-0.1, -0.05) is 31.0 Å². The van der Waals surface area contributed by atoms with Gasteiger partial charge in [0, 0.05) is 30.2 Å². The molecule has 31 heavy (non-hydrogen) atoms. The molecule has 1 N–H and O–H groups in total. The highest BCUT2D eigenvalue weighted by atomic mass is 32.1. The van der Waals surface area contributed by atoms with Crippen LogP contribution in [0.15, 0.2) is 53.7 Å². The highest BCUT2D eigenvalue weighted by Crippen LogP contribution is 2.44. The molecule has 2 aromatic rings. The first-order chi connectivity index (χ1) is 15.1. The normalized spacial score (nSPS) is 19.2. The van der Waals surface area contributed by atoms with Crippen molar-refractivity contribution >= 4 is 28.7 Å². The summed E-state index contributed by atoms with van der Waals surface area (Å²) >= 11 is 5.87. The summed E-state index contributed by atoms with van der Waals surface area (Å²) in [5, 5.41) is 4.30. The van der Waals surface area contributed by atoms with Crippen molar-refractivity contribution in [2.24, 2.45) is 0 Å². The molecule has 0 bridgehead atoms. The van der Waals surface area contributed by atoms with E-state index in [-0.39, 0.29) is 0 Å². The molecule has 0 radical (unpaired) electrons. The van der Waals surface area contributed by atoms with Crippen molar-refractivity contribution in [3.63, 3.8) is 0 Å². The van der Waals surface area contributed by atoms with E-state index in [0.29, 0.717) is 6.04 Å². The lowest BCUT2D eigenvalue weighted by Crippen LogP contribution is -2.54. The number of hydrogen-bond donors (Lipinski definition) is 1. The van der Waals surface area contributed by atoms with E-state index in [1.54, 1.807) is 5.57 Å². The van der Waals surface area contributed by atoms with Gasteiger partial charge in [0.25, 0.3) is 0 Å². The third kappa shape index (κ3) is 3.91. The monoisotopic (exact) mass is 433 g/mol. The molecule has 1 fully saturated rings. The molecular weight excluding hydrogens is 402 g/mol. The van der Waals surface area contributed by atoms with Crippen LogP contribution >= 0.6 is 12.2 Å². The van der Waals surface area contributed by atoms with Gasteiger partial charge in [0.15, 0.2) is 5.11 Å². The fourth-order valence-electron chi connectivity index (χ4n) is 5.16. The Labute approximate surface area is 190 Å². The van der Waals surface area contributed by atoms with Gasteiger partial charge < -0.3 is 19.9 Å². The second-order valence-corrected chi connectivity index (χ2v) is 9.24. The van der Waals surface area contributed by atoms with Gasteiger partial charge in [0.1, 0.15) is 5.75 Å². The van der Waals surface area contributed by atoms with E-state index in [1.165, 1.54) is 28.9 Å². The van der Waals surface area contributed by atoms with Crippen LogP contribution in [0.3, 0.4) is 0 Å². The van der Waals surface area contributed by atoms with Crippen LogP contribution in [-0.4, -0.2) is 35.8 Å². The van der Waals surface area contributed by atoms with Gasteiger partial charge in [0.2, 0.25) is 0 Å². The molecule has 3 aliphatic rings. The Hall–Kier alpha value is -2.53. The van der Waals surface area contributed by atoms with Crippen LogP contribution in [0.5, 0.6) is 5.75 Å². The zero-order chi connectivity index (χ0) is 21.4. The van der Waals surface area contributed by atoms with Crippen molar-refractivity contribution in [1.29, 1.82) is 0 Å². The summed E-state index contributed by atoms with van der Waals surface area (Å²) in [6, 6.07) is 15.5. The van der Waals surface area contributed by atoms with Crippen LogP contribution < -0.4 is 15.0 Å². The molecular formula is C26H31N3OS. The molecule has 2 aliphatic heterocycles. The summed E-state index contributed by atoms with van der Waals surface area (Å²) in [5.74, 6) is 0.917. The Morgan fingerprint density at radius 1 is 1.16 bits per heavy atom. The molecule has 4 nitrogen and oxygen atoms in total. The second kappa shape index (κ2) is 8.54. The summed E-state index contributed by atoms with van der Waals surface area (Å²) < 4.78 is 5.78. The third-order valence-electron chi connectivity index (χ3n) is 6.69. The molecule has 0 amide bonds. The number of nitrogens with zero attached hydrogens (tertiary/aromatic N) is 2. The standard InChI is InChI=1S/C26H31N3OS/c1-3-4-15-30-22-9-7-21(8-10-22)27-26(31)29-14-13-28-23-11-5-18(2)16-20(23)17-19-6-12-24(29)25(19)28/h5,7-11,16,24H,3-4,6,12-15,17H2,1-2H3,(H,27,31). The lowest BCUT2D eigenvalue weighted by atomic mass is 9.94. The number of thiocarbonyl (C=S) groups is 1. The molecule has 2 heterocycles. The second-order valence-electron chi connectivity index (χ2n) is 8.85. The summed E-state index contributed by atoms with van der Waals surface area (Å²) in [5.41, 5.74) is 8.36. The maximum atomic E-state index is 5.87. The molecule has 0 saturated carbocycles. The van der Waals surface area contributed by atoms with E-state index in [9.17, 15) is 0 Å². The Bertz CT molecular complexity index is 1010. The Kier molecular flexibility index (Phi) is 5.61. The van der Waals surface area contributed by atoms with Crippen molar-refractivity contribution in [3.8, 4) is 5.75 Å². The van der Waals surface area contributed by atoms with Crippen molar-refractivity contribution in [2.75, 3.05) is 29.9 Å². The van der Waals surface area contributed by atoms with Crippen LogP contribution in [0.2, 0.25) is 0 Å². The summed E-state index contributed by atoms with van der Waals surface area (Å²) in [6.07, 6.45) is 5.64. The fraction of sp³-hybridized carbons (Fsp3) is 0.423. The molecule has 5 heteroatoms. The predicted octanol–water partition coefficient (Wildman–Crippen LogP) is 5.67. The summed E-state index contributed by atoms with van der Waals surface area (Å²) in [6.45, 7) is 7.06. The van der Waals surface area contributed by atoms with Gasteiger partial charge in [-0.05, 0) is 86.3 Å². The van der Waals surface area contributed by atoms with E-state index in [2.05, 4.69) is 59.3 Å². The van der Waals surface area contributed by atoms with Crippen molar-refractivity contribution in [1.82, 2.24) is 4.90 Å². The lowest BCUT2D eigenvalue weighted by molar-refractivity contribution is 0.309. The van der Waals surface area contributed by atoms with E-state index in [1.807, 2.05) is 12.1 Å². The highest BCUT2D eigenvalue weighted by Gasteiger charge is 2.41. The van der Waals surface area contributed by atoms with Gasteiger partial charge >= 0.3 is 0 Å². The quantitative estimate of drug-likeness (QED) is 0.485.